The fraction of sp³-hybridized carbons (Fsp3) is 0.400. The van der Waals surface area contributed by atoms with Gasteiger partial charge in [0.25, 0.3) is 5.92 Å². The minimum atomic E-state index is -2.79. The number of halogens is 4. The molecule has 0 spiro atoms. The molecule has 0 bridgehead atoms. The van der Waals surface area contributed by atoms with Crippen LogP contribution in [0.15, 0.2) is 22.7 Å². The van der Waals surface area contributed by atoms with Crippen molar-refractivity contribution in [1.82, 2.24) is 0 Å². The molecule has 0 atom stereocenters. The summed E-state index contributed by atoms with van der Waals surface area (Å²) in [4.78, 5) is 0. The molecule has 14 heavy (non-hydrogen) atoms. The molecule has 0 amide bonds. The molecule has 0 aliphatic heterocycles. The third kappa shape index (κ3) is 2.92. The summed E-state index contributed by atoms with van der Waals surface area (Å²) in [7, 11) is 0. The van der Waals surface area contributed by atoms with Crippen molar-refractivity contribution in [2.24, 2.45) is 0 Å². The number of hydrogen-bond donors (Lipinski definition) is 0. The summed E-state index contributed by atoms with van der Waals surface area (Å²) in [5.74, 6) is -2.79. The van der Waals surface area contributed by atoms with Gasteiger partial charge in [-0.15, -0.1) is 0 Å². The van der Waals surface area contributed by atoms with Crippen LogP contribution < -0.4 is 0 Å². The van der Waals surface area contributed by atoms with Crippen LogP contribution in [0.25, 0.3) is 0 Å². The number of rotatable bonds is 3. The van der Waals surface area contributed by atoms with Crippen molar-refractivity contribution in [1.29, 1.82) is 0 Å². The summed E-state index contributed by atoms with van der Waals surface area (Å²) in [5, 5.41) is 0.324. The molecule has 1 rings (SSSR count). The van der Waals surface area contributed by atoms with Crippen molar-refractivity contribution in [3.63, 3.8) is 0 Å². The van der Waals surface area contributed by atoms with E-state index in [4.69, 9.17) is 11.6 Å². The van der Waals surface area contributed by atoms with Gasteiger partial charge in [0.2, 0.25) is 0 Å². The van der Waals surface area contributed by atoms with Gasteiger partial charge in [-0.3, -0.25) is 0 Å². The van der Waals surface area contributed by atoms with Gasteiger partial charge in [-0.25, -0.2) is 8.78 Å². The van der Waals surface area contributed by atoms with Gasteiger partial charge in [-0.2, -0.15) is 0 Å². The number of hydrogen-bond acceptors (Lipinski definition) is 0. The minimum absolute atomic E-state index is 0.0290. The molecule has 4 heteroatoms. The van der Waals surface area contributed by atoms with Gasteiger partial charge in [0.1, 0.15) is 0 Å². The van der Waals surface area contributed by atoms with E-state index in [0.717, 1.165) is 0 Å². The molecule has 78 valence electrons. The van der Waals surface area contributed by atoms with Crippen molar-refractivity contribution in [2.75, 3.05) is 0 Å². The maximum atomic E-state index is 13.4. The molecule has 0 aliphatic rings. The summed E-state index contributed by atoms with van der Waals surface area (Å²) in [6.07, 6.45) is 0.289. The molecule has 0 aromatic heterocycles. The van der Waals surface area contributed by atoms with E-state index in [2.05, 4.69) is 15.9 Å². The highest BCUT2D eigenvalue weighted by molar-refractivity contribution is 9.10. The third-order valence-corrected chi connectivity index (χ3v) is 2.52. The second-order valence-electron chi connectivity index (χ2n) is 3.11. The Kier molecular flexibility index (Phi) is 3.90. The lowest BCUT2D eigenvalue weighted by Crippen LogP contribution is -2.12. The molecular weight excluding hydrogens is 273 g/mol. The molecule has 0 nitrogen and oxygen atoms in total. The summed E-state index contributed by atoms with van der Waals surface area (Å²) in [5.41, 5.74) is -0.0290. The molecular formula is C10H10BrClF2. The molecule has 0 fully saturated rings. The smallest absolute Gasteiger partial charge is 0.201 e. The maximum Gasteiger partial charge on any atom is 0.273 e. The van der Waals surface area contributed by atoms with Gasteiger partial charge < -0.3 is 0 Å². The van der Waals surface area contributed by atoms with Gasteiger partial charge >= 0.3 is 0 Å². The fourth-order valence-electron chi connectivity index (χ4n) is 1.22. The van der Waals surface area contributed by atoms with Crippen molar-refractivity contribution < 1.29 is 8.78 Å². The Bertz CT molecular complexity index is 306. The van der Waals surface area contributed by atoms with Crippen LogP contribution in [0.5, 0.6) is 0 Å². The number of benzene rings is 1. The van der Waals surface area contributed by atoms with Crippen molar-refractivity contribution in [3.05, 3.63) is 33.3 Å². The highest BCUT2D eigenvalue weighted by atomic mass is 79.9. The van der Waals surface area contributed by atoms with E-state index in [1.54, 1.807) is 13.0 Å². The Labute approximate surface area is 95.4 Å². The summed E-state index contributed by atoms with van der Waals surface area (Å²) >= 11 is 8.83. The van der Waals surface area contributed by atoms with E-state index in [1.807, 2.05) is 0 Å². The van der Waals surface area contributed by atoms with E-state index < -0.39 is 5.92 Å². The van der Waals surface area contributed by atoms with Crippen molar-refractivity contribution in [3.8, 4) is 0 Å². The molecule has 0 radical (unpaired) electrons. The Hall–Kier alpha value is -0.150. The van der Waals surface area contributed by atoms with E-state index in [0.29, 0.717) is 15.9 Å². The molecule has 0 unspecified atom stereocenters. The largest absolute Gasteiger partial charge is 0.273 e. The highest BCUT2D eigenvalue weighted by Gasteiger charge is 2.30. The normalized spacial score (nSPS) is 11.8. The first-order chi connectivity index (χ1) is 6.45. The van der Waals surface area contributed by atoms with E-state index in [9.17, 15) is 8.78 Å². The maximum absolute atomic E-state index is 13.4. The lowest BCUT2D eigenvalue weighted by Gasteiger charge is -2.16. The topological polar surface area (TPSA) is 0 Å². The van der Waals surface area contributed by atoms with Crippen LogP contribution in [-0.4, -0.2) is 0 Å². The van der Waals surface area contributed by atoms with E-state index in [-0.39, 0.29) is 12.0 Å². The van der Waals surface area contributed by atoms with Crippen LogP contribution in [-0.2, 0) is 5.92 Å². The second kappa shape index (κ2) is 4.58. The monoisotopic (exact) mass is 282 g/mol. The van der Waals surface area contributed by atoms with Crippen LogP contribution >= 0.6 is 27.5 Å². The highest BCUT2D eigenvalue weighted by Crippen LogP contribution is 2.35. The van der Waals surface area contributed by atoms with Crippen LogP contribution in [0.3, 0.4) is 0 Å². The van der Waals surface area contributed by atoms with Crippen LogP contribution in [0.1, 0.15) is 25.3 Å². The quantitative estimate of drug-likeness (QED) is 0.733. The second-order valence-corrected chi connectivity index (χ2v) is 4.46. The van der Waals surface area contributed by atoms with E-state index >= 15 is 0 Å². The zero-order valence-corrected chi connectivity index (χ0v) is 10.0. The summed E-state index contributed by atoms with van der Waals surface area (Å²) < 4.78 is 27.5. The molecule has 0 N–H and O–H groups in total. The first kappa shape index (κ1) is 11.9. The molecule has 0 saturated heterocycles. The van der Waals surface area contributed by atoms with Crippen molar-refractivity contribution >= 4 is 27.5 Å². The Balaban J connectivity index is 3.05. The van der Waals surface area contributed by atoms with Gasteiger partial charge in [0, 0.05) is 21.5 Å². The van der Waals surface area contributed by atoms with Crippen molar-refractivity contribution in [2.45, 2.75) is 25.7 Å². The zero-order valence-electron chi connectivity index (χ0n) is 7.66. The predicted molar refractivity (Wildman–Crippen MR) is 58.0 cm³/mol. The zero-order chi connectivity index (χ0) is 10.8. The first-order valence-electron chi connectivity index (χ1n) is 4.30. The van der Waals surface area contributed by atoms with Gasteiger partial charge in [0.15, 0.2) is 0 Å². The van der Waals surface area contributed by atoms with Gasteiger partial charge in [0.05, 0.1) is 0 Å². The SMILES string of the molecule is CCCC(F)(F)c1cc(Cl)cc(Br)c1. The Morgan fingerprint density at radius 1 is 1.36 bits per heavy atom. The molecule has 1 aromatic rings. The fourth-order valence-corrected chi connectivity index (χ4v) is 2.08. The van der Waals surface area contributed by atoms with Crippen LogP contribution in [0, 0.1) is 0 Å². The average molecular weight is 284 g/mol. The van der Waals surface area contributed by atoms with Crippen LogP contribution in [0.4, 0.5) is 8.78 Å². The standard InChI is InChI=1S/C10H10BrClF2/c1-2-3-10(13,14)7-4-8(11)6-9(12)5-7/h4-6H,2-3H2,1H3. The predicted octanol–water partition coefficient (Wildman–Crippen LogP) is 4.99. The average Bonchev–Trinajstić information content (AvgIpc) is 2.02. The minimum Gasteiger partial charge on any atom is -0.201 e. The van der Waals surface area contributed by atoms with E-state index in [1.165, 1.54) is 12.1 Å². The molecule has 0 heterocycles. The first-order valence-corrected chi connectivity index (χ1v) is 5.47. The molecule has 0 saturated carbocycles. The summed E-state index contributed by atoms with van der Waals surface area (Å²) in [6.45, 7) is 1.73. The third-order valence-electron chi connectivity index (χ3n) is 1.85. The lowest BCUT2D eigenvalue weighted by atomic mass is 10.0. The molecule has 1 aromatic carbocycles. The Morgan fingerprint density at radius 3 is 2.50 bits per heavy atom. The number of alkyl halides is 2. The Morgan fingerprint density at radius 2 is 2.00 bits per heavy atom. The van der Waals surface area contributed by atoms with Crippen LogP contribution in [0.2, 0.25) is 5.02 Å². The lowest BCUT2D eigenvalue weighted by molar-refractivity contribution is -0.0140. The van der Waals surface area contributed by atoms with Gasteiger partial charge in [-0.05, 0) is 18.2 Å². The summed E-state index contributed by atoms with van der Waals surface area (Å²) in [6, 6.07) is 4.30. The molecule has 0 aliphatic carbocycles. The van der Waals surface area contributed by atoms with Gasteiger partial charge in [-0.1, -0.05) is 40.9 Å².